The molecule has 3 aromatic carbocycles. The molecule has 0 saturated heterocycles. The van der Waals surface area contributed by atoms with Crippen molar-refractivity contribution in [3.63, 3.8) is 0 Å². The number of benzene rings is 3. The molecule has 0 unspecified atom stereocenters. The van der Waals surface area contributed by atoms with Crippen molar-refractivity contribution in [2.45, 2.75) is 0 Å². The van der Waals surface area contributed by atoms with Gasteiger partial charge in [-0.25, -0.2) is 0 Å². The van der Waals surface area contributed by atoms with E-state index in [1.807, 2.05) is 18.2 Å². The quantitative estimate of drug-likeness (QED) is 0.421. The van der Waals surface area contributed by atoms with Gasteiger partial charge in [-0.2, -0.15) is 0 Å². The largest absolute Gasteiger partial charge is 0.456 e. The monoisotopic (exact) mass is 217 g/mol. The van der Waals surface area contributed by atoms with E-state index in [0.717, 1.165) is 16.6 Å². The second-order valence-electron chi connectivity index (χ2n) is 4.18. The number of hydrogen-bond donors (Lipinski definition) is 0. The molecule has 0 N–H and O–H groups in total. The molecule has 0 spiro atoms. The summed E-state index contributed by atoms with van der Waals surface area (Å²) in [5, 5.41) is 4.85. The van der Waals surface area contributed by atoms with Gasteiger partial charge in [-0.15, -0.1) is 0 Å². The van der Waals surface area contributed by atoms with E-state index in [0.29, 0.717) is 0 Å². The molecule has 0 amide bonds. The third-order valence-corrected chi connectivity index (χ3v) is 3.21. The predicted molar refractivity (Wildman–Crippen MR) is 70.1 cm³/mol. The Morgan fingerprint density at radius 2 is 1.76 bits per heavy atom. The van der Waals surface area contributed by atoms with Crippen LogP contribution in [0, 0.1) is 6.07 Å². The van der Waals surface area contributed by atoms with Crippen LogP contribution >= 0.6 is 0 Å². The first-order valence-electron chi connectivity index (χ1n) is 5.63. The molecule has 1 aromatic heterocycles. The van der Waals surface area contributed by atoms with Gasteiger partial charge in [-0.3, -0.25) is 0 Å². The van der Waals surface area contributed by atoms with Crippen molar-refractivity contribution in [1.82, 2.24) is 0 Å². The van der Waals surface area contributed by atoms with E-state index in [-0.39, 0.29) is 0 Å². The van der Waals surface area contributed by atoms with Crippen molar-refractivity contribution >= 4 is 32.7 Å². The summed E-state index contributed by atoms with van der Waals surface area (Å²) >= 11 is 0. The lowest BCUT2D eigenvalue weighted by atomic mass is 10.0. The number of rotatable bonds is 0. The number of fused-ring (bicyclic) bond motifs is 5. The Hall–Kier alpha value is -2.28. The van der Waals surface area contributed by atoms with Crippen LogP contribution in [0.4, 0.5) is 0 Å². The van der Waals surface area contributed by atoms with Crippen molar-refractivity contribution < 1.29 is 4.42 Å². The van der Waals surface area contributed by atoms with Gasteiger partial charge in [0.2, 0.25) is 0 Å². The maximum atomic E-state index is 5.83. The third kappa shape index (κ3) is 1.14. The fourth-order valence-corrected chi connectivity index (χ4v) is 2.44. The molecule has 4 rings (SSSR count). The zero-order chi connectivity index (χ0) is 11.2. The smallest absolute Gasteiger partial charge is 0.136 e. The summed E-state index contributed by atoms with van der Waals surface area (Å²) in [6.07, 6.45) is 0. The van der Waals surface area contributed by atoms with E-state index in [1.165, 1.54) is 16.2 Å². The van der Waals surface area contributed by atoms with Crippen molar-refractivity contribution in [3.05, 3.63) is 60.7 Å². The highest BCUT2D eigenvalue weighted by Gasteiger charge is 2.08. The Morgan fingerprint density at radius 1 is 0.824 bits per heavy atom. The minimum absolute atomic E-state index is 0.902. The second-order valence-corrected chi connectivity index (χ2v) is 4.18. The van der Waals surface area contributed by atoms with Gasteiger partial charge in [0.25, 0.3) is 0 Å². The van der Waals surface area contributed by atoms with E-state index in [9.17, 15) is 0 Å². The maximum absolute atomic E-state index is 5.83. The lowest BCUT2D eigenvalue weighted by molar-refractivity contribution is 0.669. The minimum atomic E-state index is 0.902. The highest BCUT2D eigenvalue weighted by atomic mass is 16.3. The van der Waals surface area contributed by atoms with Crippen LogP contribution in [0.3, 0.4) is 0 Å². The molecule has 0 aliphatic rings. The van der Waals surface area contributed by atoms with Crippen LogP contribution in [0.1, 0.15) is 0 Å². The molecule has 0 aliphatic carbocycles. The van der Waals surface area contributed by atoms with Crippen LogP contribution in [0.2, 0.25) is 0 Å². The molecule has 17 heavy (non-hydrogen) atoms. The number of furan rings is 1. The van der Waals surface area contributed by atoms with E-state index < -0.39 is 0 Å². The summed E-state index contributed by atoms with van der Waals surface area (Å²) in [6, 6.07) is 21.5. The van der Waals surface area contributed by atoms with Crippen molar-refractivity contribution in [2.24, 2.45) is 0 Å². The van der Waals surface area contributed by atoms with Crippen LogP contribution in [0.15, 0.2) is 59.0 Å². The van der Waals surface area contributed by atoms with Gasteiger partial charge >= 0.3 is 0 Å². The van der Waals surface area contributed by atoms with Gasteiger partial charge in [0.05, 0.1) is 0 Å². The highest BCUT2D eigenvalue weighted by Crippen LogP contribution is 2.33. The minimum Gasteiger partial charge on any atom is -0.456 e. The molecule has 0 bridgehead atoms. The maximum Gasteiger partial charge on any atom is 0.136 e. The molecule has 0 saturated carbocycles. The Bertz CT molecular complexity index is 834. The average molecular weight is 217 g/mol. The summed E-state index contributed by atoms with van der Waals surface area (Å²) in [7, 11) is 0. The first-order chi connectivity index (χ1) is 8.43. The normalized spacial score (nSPS) is 11.5. The standard InChI is InChI=1S/C16H9O/c1-2-6-12-11(5-1)9-10-15-16(12)13-7-3-4-8-14(13)17-15/h1-3,5-10H. The lowest BCUT2D eigenvalue weighted by Gasteiger charge is -1.98. The summed E-state index contributed by atoms with van der Waals surface area (Å²) in [4.78, 5) is 0. The SMILES string of the molecule is [c]1ccc2c(c1)oc1ccc3ccccc3c12. The summed E-state index contributed by atoms with van der Waals surface area (Å²) in [6.45, 7) is 0. The Labute approximate surface area is 98.3 Å². The van der Waals surface area contributed by atoms with Crippen molar-refractivity contribution in [3.8, 4) is 0 Å². The van der Waals surface area contributed by atoms with Crippen molar-refractivity contribution in [1.29, 1.82) is 0 Å². The van der Waals surface area contributed by atoms with Gasteiger partial charge in [0.15, 0.2) is 0 Å². The van der Waals surface area contributed by atoms with Gasteiger partial charge in [0, 0.05) is 10.8 Å². The summed E-state index contributed by atoms with van der Waals surface area (Å²) < 4.78 is 5.83. The third-order valence-electron chi connectivity index (χ3n) is 3.21. The van der Waals surface area contributed by atoms with Crippen LogP contribution in [0.25, 0.3) is 32.7 Å². The Balaban J connectivity index is 2.38. The van der Waals surface area contributed by atoms with Gasteiger partial charge in [-0.1, -0.05) is 36.4 Å². The van der Waals surface area contributed by atoms with Gasteiger partial charge in [-0.05, 0) is 35.0 Å². The molecule has 1 heterocycles. The molecular formula is C16H9O. The van der Waals surface area contributed by atoms with Crippen LogP contribution < -0.4 is 0 Å². The molecule has 0 atom stereocenters. The first-order valence-corrected chi connectivity index (χ1v) is 5.63. The van der Waals surface area contributed by atoms with E-state index in [4.69, 9.17) is 4.42 Å². The van der Waals surface area contributed by atoms with Crippen molar-refractivity contribution in [2.75, 3.05) is 0 Å². The summed E-state index contributed by atoms with van der Waals surface area (Å²) in [5.41, 5.74) is 1.84. The fourth-order valence-electron chi connectivity index (χ4n) is 2.44. The van der Waals surface area contributed by atoms with Crippen LogP contribution in [-0.2, 0) is 0 Å². The number of hydrogen-bond acceptors (Lipinski definition) is 1. The Kier molecular flexibility index (Phi) is 1.61. The lowest BCUT2D eigenvalue weighted by Crippen LogP contribution is -1.73. The average Bonchev–Trinajstić information content (AvgIpc) is 2.77. The first kappa shape index (κ1) is 8.82. The molecule has 0 aliphatic heterocycles. The summed E-state index contributed by atoms with van der Waals surface area (Å²) in [5.74, 6) is 0. The Morgan fingerprint density at radius 3 is 2.76 bits per heavy atom. The van der Waals surface area contributed by atoms with Gasteiger partial charge < -0.3 is 4.42 Å². The van der Waals surface area contributed by atoms with E-state index >= 15 is 0 Å². The molecule has 0 fully saturated rings. The predicted octanol–water partition coefficient (Wildman–Crippen LogP) is 4.54. The second kappa shape index (κ2) is 3.11. The molecule has 79 valence electrons. The fraction of sp³-hybridized carbons (Fsp3) is 0. The van der Waals surface area contributed by atoms with Crippen LogP contribution in [0.5, 0.6) is 0 Å². The zero-order valence-corrected chi connectivity index (χ0v) is 9.10. The van der Waals surface area contributed by atoms with E-state index in [2.05, 4.69) is 42.5 Å². The van der Waals surface area contributed by atoms with Crippen LogP contribution in [-0.4, -0.2) is 0 Å². The zero-order valence-electron chi connectivity index (χ0n) is 9.10. The van der Waals surface area contributed by atoms with Gasteiger partial charge in [0.1, 0.15) is 11.2 Å². The molecule has 1 radical (unpaired) electrons. The molecule has 1 nitrogen and oxygen atoms in total. The molecule has 4 aromatic rings. The molecule has 1 heteroatoms. The molecular weight excluding hydrogens is 208 g/mol. The topological polar surface area (TPSA) is 13.1 Å². The highest BCUT2D eigenvalue weighted by molar-refractivity contribution is 6.18. The van der Waals surface area contributed by atoms with E-state index in [1.54, 1.807) is 0 Å².